The van der Waals surface area contributed by atoms with Crippen molar-refractivity contribution in [2.75, 3.05) is 23.8 Å². The standard InChI is InChI=1S/C12H19N3O4S/c1-3-19-12(16)10-11(13)15(8(2)14-10)9-4-6-20(17,18)7-5-9/h9H,3-7,13H2,1-2H3. The number of carbonyl (C=O) groups excluding carboxylic acids is 1. The van der Waals surface area contributed by atoms with E-state index < -0.39 is 15.8 Å². The van der Waals surface area contributed by atoms with E-state index in [4.69, 9.17) is 10.5 Å². The molecule has 0 amide bonds. The zero-order chi connectivity index (χ0) is 14.9. The van der Waals surface area contributed by atoms with Crippen molar-refractivity contribution in [1.29, 1.82) is 0 Å². The van der Waals surface area contributed by atoms with Gasteiger partial charge in [0.2, 0.25) is 0 Å². The van der Waals surface area contributed by atoms with Gasteiger partial charge in [-0.25, -0.2) is 18.2 Å². The SMILES string of the molecule is CCOC(=O)c1nc(C)n(C2CCS(=O)(=O)CC2)c1N. The molecule has 0 saturated carbocycles. The maximum Gasteiger partial charge on any atom is 0.360 e. The lowest BCUT2D eigenvalue weighted by Crippen LogP contribution is -2.27. The second-order valence-corrected chi connectivity index (χ2v) is 7.17. The Hall–Kier alpha value is -1.57. The first-order chi connectivity index (χ1) is 9.35. The number of esters is 1. The summed E-state index contributed by atoms with van der Waals surface area (Å²) in [7, 11) is -2.93. The first kappa shape index (κ1) is 14.8. The number of aryl methyl sites for hydroxylation is 1. The second-order valence-electron chi connectivity index (χ2n) is 4.87. The molecule has 0 radical (unpaired) electrons. The van der Waals surface area contributed by atoms with E-state index in [9.17, 15) is 13.2 Å². The first-order valence-corrected chi connectivity index (χ1v) is 8.39. The molecule has 7 nitrogen and oxygen atoms in total. The Morgan fingerprint density at radius 1 is 1.45 bits per heavy atom. The zero-order valence-electron chi connectivity index (χ0n) is 11.6. The van der Waals surface area contributed by atoms with Gasteiger partial charge >= 0.3 is 5.97 Å². The van der Waals surface area contributed by atoms with Gasteiger partial charge < -0.3 is 15.0 Å². The van der Waals surface area contributed by atoms with Crippen molar-refractivity contribution in [2.45, 2.75) is 32.7 Å². The summed E-state index contributed by atoms with van der Waals surface area (Å²) in [5, 5.41) is 0. The Bertz CT molecular complexity index is 607. The number of rotatable bonds is 3. The average Bonchev–Trinajstić information content (AvgIpc) is 2.66. The third-order valence-corrected chi connectivity index (χ3v) is 5.20. The minimum absolute atomic E-state index is 0.0331. The zero-order valence-corrected chi connectivity index (χ0v) is 12.4. The third kappa shape index (κ3) is 2.79. The fourth-order valence-electron chi connectivity index (χ4n) is 2.51. The van der Waals surface area contributed by atoms with E-state index >= 15 is 0 Å². The summed E-state index contributed by atoms with van der Waals surface area (Å²) in [6.45, 7) is 3.72. The molecule has 2 rings (SSSR count). The van der Waals surface area contributed by atoms with Gasteiger partial charge in [-0.05, 0) is 26.7 Å². The molecule has 1 aromatic heterocycles. The van der Waals surface area contributed by atoms with Gasteiger partial charge in [-0.2, -0.15) is 0 Å². The van der Waals surface area contributed by atoms with Gasteiger partial charge in [0, 0.05) is 6.04 Å². The molecule has 1 aliphatic heterocycles. The minimum atomic E-state index is -2.93. The molecule has 1 aliphatic rings. The number of carbonyl (C=O) groups is 1. The fourth-order valence-corrected chi connectivity index (χ4v) is 3.97. The summed E-state index contributed by atoms with van der Waals surface area (Å²) in [6, 6.07) is -0.0331. The molecule has 0 bridgehead atoms. The average molecular weight is 301 g/mol. The highest BCUT2D eigenvalue weighted by Crippen LogP contribution is 2.29. The molecule has 0 spiro atoms. The number of sulfone groups is 1. The quantitative estimate of drug-likeness (QED) is 0.824. The number of nitrogen functional groups attached to an aromatic ring is 1. The molecular weight excluding hydrogens is 282 g/mol. The van der Waals surface area contributed by atoms with E-state index in [-0.39, 0.29) is 35.7 Å². The van der Waals surface area contributed by atoms with Crippen LogP contribution in [0.3, 0.4) is 0 Å². The Balaban J connectivity index is 2.27. The van der Waals surface area contributed by atoms with Crippen molar-refractivity contribution in [3.8, 4) is 0 Å². The van der Waals surface area contributed by atoms with Gasteiger partial charge in [0.1, 0.15) is 21.5 Å². The van der Waals surface area contributed by atoms with E-state index in [1.54, 1.807) is 18.4 Å². The first-order valence-electron chi connectivity index (χ1n) is 6.57. The molecule has 2 N–H and O–H groups in total. The highest BCUT2D eigenvalue weighted by Gasteiger charge is 2.29. The van der Waals surface area contributed by atoms with Crippen LogP contribution in [-0.4, -0.2) is 42.1 Å². The van der Waals surface area contributed by atoms with Crippen LogP contribution in [0.5, 0.6) is 0 Å². The second kappa shape index (κ2) is 5.43. The molecule has 1 aromatic rings. The van der Waals surface area contributed by atoms with E-state index in [0.717, 1.165) is 0 Å². The van der Waals surface area contributed by atoms with E-state index in [1.807, 2.05) is 0 Å². The van der Waals surface area contributed by atoms with E-state index in [0.29, 0.717) is 18.7 Å². The molecule has 2 heterocycles. The van der Waals surface area contributed by atoms with Crippen molar-refractivity contribution in [3.05, 3.63) is 11.5 Å². The van der Waals surface area contributed by atoms with Crippen LogP contribution in [-0.2, 0) is 14.6 Å². The number of imidazole rings is 1. The fraction of sp³-hybridized carbons (Fsp3) is 0.667. The predicted octanol–water partition coefficient (Wildman–Crippen LogP) is 0.700. The van der Waals surface area contributed by atoms with Crippen LogP contribution >= 0.6 is 0 Å². The van der Waals surface area contributed by atoms with Gasteiger partial charge in [0.15, 0.2) is 5.69 Å². The largest absolute Gasteiger partial charge is 0.461 e. The summed E-state index contributed by atoms with van der Waals surface area (Å²) in [6.07, 6.45) is 0.984. The molecule has 1 saturated heterocycles. The van der Waals surface area contributed by atoms with Crippen LogP contribution in [0.25, 0.3) is 0 Å². The normalized spacial score (nSPS) is 18.9. The van der Waals surface area contributed by atoms with Crippen molar-refractivity contribution < 1.29 is 17.9 Å². The number of nitrogens with two attached hydrogens (primary N) is 1. The van der Waals surface area contributed by atoms with Gasteiger partial charge in [0.25, 0.3) is 0 Å². The summed E-state index contributed by atoms with van der Waals surface area (Å²) in [5.74, 6) is 0.600. The summed E-state index contributed by atoms with van der Waals surface area (Å²) in [4.78, 5) is 15.9. The maximum atomic E-state index is 11.7. The van der Waals surface area contributed by atoms with Crippen LogP contribution < -0.4 is 5.73 Å². The van der Waals surface area contributed by atoms with Crippen LogP contribution in [0, 0.1) is 6.92 Å². The number of anilines is 1. The lowest BCUT2D eigenvalue weighted by molar-refractivity contribution is 0.0521. The van der Waals surface area contributed by atoms with Crippen molar-refractivity contribution >= 4 is 21.6 Å². The van der Waals surface area contributed by atoms with Crippen LogP contribution in [0.4, 0.5) is 5.82 Å². The van der Waals surface area contributed by atoms with Crippen LogP contribution in [0.1, 0.15) is 42.1 Å². The lowest BCUT2D eigenvalue weighted by Gasteiger charge is -2.25. The number of aromatic nitrogens is 2. The van der Waals surface area contributed by atoms with Crippen LogP contribution in [0.2, 0.25) is 0 Å². The number of hydrogen-bond donors (Lipinski definition) is 1. The predicted molar refractivity (Wildman–Crippen MR) is 74.3 cm³/mol. The molecule has 0 aromatic carbocycles. The van der Waals surface area contributed by atoms with Gasteiger partial charge in [0.05, 0.1) is 18.1 Å². The molecular formula is C12H19N3O4S. The van der Waals surface area contributed by atoms with Crippen molar-refractivity contribution in [2.24, 2.45) is 0 Å². The highest BCUT2D eigenvalue weighted by molar-refractivity contribution is 7.91. The van der Waals surface area contributed by atoms with Crippen molar-refractivity contribution in [3.63, 3.8) is 0 Å². The summed E-state index contributed by atoms with van der Waals surface area (Å²) >= 11 is 0. The Morgan fingerprint density at radius 2 is 2.05 bits per heavy atom. The number of ether oxygens (including phenoxy) is 1. The van der Waals surface area contributed by atoms with Gasteiger partial charge in [-0.15, -0.1) is 0 Å². The number of hydrogen-bond acceptors (Lipinski definition) is 6. The molecule has 0 unspecified atom stereocenters. The molecule has 112 valence electrons. The van der Waals surface area contributed by atoms with Gasteiger partial charge in [-0.1, -0.05) is 0 Å². The van der Waals surface area contributed by atoms with E-state index in [1.165, 1.54) is 0 Å². The summed E-state index contributed by atoms with van der Waals surface area (Å²) < 4.78 is 29.6. The smallest absolute Gasteiger partial charge is 0.360 e. The Labute approximate surface area is 118 Å². The topological polar surface area (TPSA) is 104 Å². The van der Waals surface area contributed by atoms with Gasteiger partial charge in [-0.3, -0.25) is 0 Å². The molecule has 8 heteroatoms. The van der Waals surface area contributed by atoms with Crippen LogP contribution in [0.15, 0.2) is 0 Å². The lowest BCUT2D eigenvalue weighted by atomic mass is 10.1. The molecule has 1 fully saturated rings. The highest BCUT2D eigenvalue weighted by atomic mass is 32.2. The third-order valence-electron chi connectivity index (χ3n) is 3.48. The Morgan fingerprint density at radius 3 is 2.60 bits per heavy atom. The summed E-state index contributed by atoms with van der Waals surface area (Å²) in [5.41, 5.74) is 6.09. The Kier molecular flexibility index (Phi) is 4.03. The van der Waals surface area contributed by atoms with Crippen molar-refractivity contribution in [1.82, 2.24) is 9.55 Å². The molecule has 20 heavy (non-hydrogen) atoms. The molecule has 0 aliphatic carbocycles. The number of nitrogens with zero attached hydrogens (tertiary/aromatic N) is 2. The monoisotopic (exact) mass is 301 g/mol. The maximum absolute atomic E-state index is 11.7. The minimum Gasteiger partial charge on any atom is -0.461 e. The van der Waals surface area contributed by atoms with E-state index in [2.05, 4.69) is 4.98 Å². The molecule has 0 atom stereocenters.